The number of hydrogen-bond acceptors (Lipinski definition) is 8. The topological polar surface area (TPSA) is 122 Å². The summed E-state index contributed by atoms with van der Waals surface area (Å²) in [4.78, 5) is 17.6. The predicted molar refractivity (Wildman–Crippen MR) is 133 cm³/mol. The van der Waals surface area contributed by atoms with E-state index in [1.807, 2.05) is 56.3 Å². The summed E-state index contributed by atoms with van der Waals surface area (Å²) in [6.07, 6.45) is 0.318. The van der Waals surface area contributed by atoms with Crippen LogP contribution in [-0.2, 0) is 4.74 Å². The Hall–Kier alpha value is -4.34. The zero-order valence-electron chi connectivity index (χ0n) is 19.7. The largest absolute Gasteiger partial charge is 0.496 e. The van der Waals surface area contributed by atoms with Crippen LogP contribution < -0.4 is 4.74 Å². The molecule has 5 heterocycles. The molecule has 1 fully saturated rings. The maximum absolute atomic E-state index is 9.93. The smallest absolute Gasteiger partial charge is 0.189 e. The number of nitrogens with zero attached hydrogens (tertiary/aromatic N) is 4. The summed E-state index contributed by atoms with van der Waals surface area (Å²) >= 11 is 0. The van der Waals surface area contributed by atoms with E-state index in [-0.39, 0.29) is 0 Å². The lowest BCUT2D eigenvalue weighted by atomic mass is 9.99. The van der Waals surface area contributed by atoms with Crippen LogP contribution in [0.25, 0.3) is 55.2 Å². The van der Waals surface area contributed by atoms with Crippen LogP contribution in [0.2, 0.25) is 0 Å². The van der Waals surface area contributed by atoms with Crippen LogP contribution in [0.4, 0.5) is 0 Å². The molecule has 0 aliphatic carbocycles. The zero-order chi connectivity index (χ0) is 24.6. The Kier molecular flexibility index (Phi) is 4.42. The average molecular weight is 479 g/mol. The van der Waals surface area contributed by atoms with Crippen LogP contribution in [0.1, 0.15) is 23.4 Å². The van der Waals surface area contributed by atoms with Crippen LogP contribution in [0, 0.1) is 13.8 Å². The molecular weight excluding hydrogens is 458 g/mol. The van der Waals surface area contributed by atoms with E-state index in [0.29, 0.717) is 23.0 Å². The molecule has 0 bridgehead atoms. The van der Waals surface area contributed by atoms with Crippen molar-refractivity contribution in [2.45, 2.75) is 26.2 Å². The Morgan fingerprint density at radius 1 is 1.03 bits per heavy atom. The predicted octanol–water partition coefficient (Wildman–Crippen LogP) is 5.00. The summed E-state index contributed by atoms with van der Waals surface area (Å²) in [5.41, 5.74) is 6.58. The molecule has 0 spiro atoms. The van der Waals surface area contributed by atoms with E-state index in [1.165, 1.54) is 0 Å². The van der Waals surface area contributed by atoms with Gasteiger partial charge in [-0.15, -0.1) is 0 Å². The Morgan fingerprint density at radius 3 is 2.61 bits per heavy atom. The second-order valence-corrected chi connectivity index (χ2v) is 8.90. The molecule has 36 heavy (non-hydrogen) atoms. The van der Waals surface area contributed by atoms with E-state index < -0.39 is 12.4 Å². The molecule has 2 atom stereocenters. The van der Waals surface area contributed by atoms with Crippen LogP contribution in [0.15, 0.2) is 53.2 Å². The molecule has 1 saturated heterocycles. The highest BCUT2D eigenvalue weighted by atomic mass is 16.7. The van der Waals surface area contributed by atoms with Crippen molar-refractivity contribution < 1.29 is 19.1 Å². The standard InChI is InChI=1S/C27H21N5O4/c1-12-21(13(2)36-32-12)17-10-19-16(11-20(17)34-3)22-23(15-8-9-28-18-7-5-4-6-14(15)18)30-26(24-27(33)35-24)31-25(22)29-19/h4-11,24,27,33H,1-3H3,(H,29,30,31). The minimum absolute atomic E-state index is 0.426. The number of aliphatic hydroxyl groups excluding tert-OH is 1. The molecule has 2 N–H and O–H groups in total. The van der Waals surface area contributed by atoms with Gasteiger partial charge in [0.25, 0.3) is 0 Å². The third kappa shape index (κ3) is 3.03. The van der Waals surface area contributed by atoms with Gasteiger partial charge in [-0.25, -0.2) is 9.97 Å². The lowest BCUT2D eigenvalue weighted by Gasteiger charge is -2.10. The number of aryl methyl sites for hydroxylation is 2. The second kappa shape index (κ2) is 7.58. The highest BCUT2D eigenvalue weighted by molar-refractivity contribution is 6.15. The Morgan fingerprint density at radius 2 is 1.86 bits per heavy atom. The number of hydrogen-bond donors (Lipinski definition) is 2. The molecule has 1 aliphatic rings. The fourth-order valence-electron chi connectivity index (χ4n) is 4.99. The van der Waals surface area contributed by atoms with E-state index >= 15 is 0 Å². The molecule has 4 aromatic heterocycles. The first-order chi connectivity index (χ1) is 17.5. The van der Waals surface area contributed by atoms with Crippen molar-refractivity contribution in [1.29, 1.82) is 0 Å². The molecule has 9 heteroatoms. The first kappa shape index (κ1) is 21.0. The number of benzene rings is 2. The quantitative estimate of drug-likeness (QED) is 0.339. The fourth-order valence-corrected chi connectivity index (χ4v) is 4.99. The number of nitrogens with one attached hydrogen (secondary N) is 1. The third-order valence-corrected chi connectivity index (χ3v) is 6.72. The molecule has 9 nitrogen and oxygen atoms in total. The molecule has 2 unspecified atom stereocenters. The summed E-state index contributed by atoms with van der Waals surface area (Å²) in [6, 6.07) is 13.9. The first-order valence-corrected chi connectivity index (χ1v) is 11.6. The Bertz CT molecular complexity index is 1800. The third-order valence-electron chi connectivity index (χ3n) is 6.72. The van der Waals surface area contributed by atoms with Crippen LogP contribution >= 0.6 is 0 Å². The summed E-state index contributed by atoms with van der Waals surface area (Å²) in [6.45, 7) is 3.79. The highest BCUT2D eigenvalue weighted by Crippen LogP contribution is 2.43. The van der Waals surface area contributed by atoms with Crippen molar-refractivity contribution in [2.24, 2.45) is 0 Å². The summed E-state index contributed by atoms with van der Waals surface area (Å²) in [5, 5.41) is 16.8. The SMILES string of the molecule is COc1cc2c(cc1-c1c(C)noc1C)[nH]c1nc(C3OC3O)nc(-c3ccnc4ccccc34)c12. The first-order valence-electron chi connectivity index (χ1n) is 11.6. The van der Waals surface area contributed by atoms with E-state index in [9.17, 15) is 5.11 Å². The zero-order valence-corrected chi connectivity index (χ0v) is 19.7. The molecule has 7 rings (SSSR count). The number of methoxy groups -OCH3 is 1. The molecule has 178 valence electrons. The van der Waals surface area contributed by atoms with E-state index in [4.69, 9.17) is 24.0 Å². The molecule has 0 radical (unpaired) electrons. The van der Waals surface area contributed by atoms with Gasteiger partial charge in [-0.1, -0.05) is 23.4 Å². The number of aliphatic hydroxyl groups is 1. The van der Waals surface area contributed by atoms with Gasteiger partial charge >= 0.3 is 0 Å². The molecule has 6 aromatic rings. The van der Waals surface area contributed by atoms with Crippen molar-refractivity contribution >= 4 is 32.8 Å². The lowest BCUT2D eigenvalue weighted by molar-refractivity contribution is 0.156. The van der Waals surface area contributed by atoms with Gasteiger partial charge in [0.15, 0.2) is 18.2 Å². The summed E-state index contributed by atoms with van der Waals surface area (Å²) in [7, 11) is 1.65. The van der Waals surface area contributed by atoms with E-state index in [0.717, 1.165) is 55.3 Å². The highest BCUT2D eigenvalue weighted by Gasteiger charge is 2.42. The normalized spacial score (nSPS) is 17.3. The van der Waals surface area contributed by atoms with Gasteiger partial charge in [0, 0.05) is 33.6 Å². The summed E-state index contributed by atoms with van der Waals surface area (Å²) < 4.78 is 16.5. The van der Waals surface area contributed by atoms with Crippen LogP contribution in [-0.4, -0.2) is 43.6 Å². The minimum Gasteiger partial charge on any atom is -0.496 e. The van der Waals surface area contributed by atoms with E-state index in [2.05, 4.69) is 15.1 Å². The van der Waals surface area contributed by atoms with Gasteiger partial charge in [-0.2, -0.15) is 0 Å². The van der Waals surface area contributed by atoms with Gasteiger partial charge in [-0.05, 0) is 38.1 Å². The van der Waals surface area contributed by atoms with Gasteiger partial charge in [-0.3, -0.25) is 4.98 Å². The average Bonchev–Trinajstić information content (AvgIpc) is 3.38. The number of ether oxygens (including phenoxy) is 2. The number of aromatic nitrogens is 5. The van der Waals surface area contributed by atoms with Gasteiger partial charge in [0.05, 0.1) is 35.0 Å². The monoisotopic (exact) mass is 479 g/mol. The van der Waals surface area contributed by atoms with Gasteiger partial charge < -0.3 is 24.1 Å². The molecule has 0 saturated carbocycles. The van der Waals surface area contributed by atoms with Gasteiger partial charge in [0.2, 0.25) is 0 Å². The Balaban J connectivity index is 1.57. The number of epoxide rings is 1. The fraction of sp³-hybridized carbons (Fsp3) is 0.185. The van der Waals surface area contributed by atoms with Crippen molar-refractivity contribution in [3.63, 3.8) is 0 Å². The minimum atomic E-state index is -0.903. The number of pyridine rings is 1. The van der Waals surface area contributed by atoms with Crippen molar-refractivity contribution in [2.75, 3.05) is 7.11 Å². The molecule has 0 amide bonds. The number of rotatable bonds is 4. The number of aromatic amines is 1. The Labute approximate surface area is 204 Å². The van der Waals surface area contributed by atoms with Crippen LogP contribution in [0.3, 0.4) is 0 Å². The number of H-pyrrole nitrogens is 1. The maximum atomic E-state index is 9.93. The lowest BCUT2D eigenvalue weighted by Crippen LogP contribution is -1.99. The summed E-state index contributed by atoms with van der Waals surface area (Å²) in [5.74, 6) is 1.83. The molecule has 1 aliphatic heterocycles. The van der Waals surface area contributed by atoms with Crippen LogP contribution in [0.5, 0.6) is 5.75 Å². The molecule has 2 aromatic carbocycles. The van der Waals surface area contributed by atoms with Gasteiger partial charge in [0.1, 0.15) is 17.2 Å². The molecular formula is C27H21N5O4. The van der Waals surface area contributed by atoms with Crippen molar-refractivity contribution in [1.82, 2.24) is 25.1 Å². The van der Waals surface area contributed by atoms with Crippen molar-refractivity contribution in [3.05, 3.63) is 65.9 Å². The van der Waals surface area contributed by atoms with Crippen molar-refractivity contribution in [3.8, 4) is 28.1 Å². The maximum Gasteiger partial charge on any atom is 0.189 e. The second-order valence-electron chi connectivity index (χ2n) is 8.90. The number of fused-ring (bicyclic) bond motifs is 4. The number of para-hydroxylation sites is 1. The van der Waals surface area contributed by atoms with E-state index in [1.54, 1.807) is 13.3 Å².